The van der Waals surface area contributed by atoms with Gasteiger partial charge >= 0.3 is 0 Å². The van der Waals surface area contributed by atoms with Crippen LogP contribution < -0.4 is 5.32 Å². The highest BCUT2D eigenvalue weighted by Crippen LogP contribution is 2.33. The van der Waals surface area contributed by atoms with E-state index in [1.54, 1.807) is 11.3 Å². The summed E-state index contributed by atoms with van der Waals surface area (Å²) < 4.78 is 1.09. The van der Waals surface area contributed by atoms with E-state index in [4.69, 9.17) is 11.6 Å². The minimum atomic E-state index is 0.600. The number of halogens is 1. The van der Waals surface area contributed by atoms with Gasteiger partial charge < -0.3 is 5.32 Å². The van der Waals surface area contributed by atoms with Gasteiger partial charge in [-0.25, -0.2) is 4.98 Å². The van der Waals surface area contributed by atoms with Gasteiger partial charge in [0.25, 0.3) is 0 Å². The van der Waals surface area contributed by atoms with Crippen molar-refractivity contribution in [3.8, 4) is 0 Å². The Balaban J connectivity index is 1.83. The maximum absolute atomic E-state index is 6.16. The van der Waals surface area contributed by atoms with Crippen LogP contribution in [0.2, 0.25) is 5.02 Å². The largest absolute Gasteiger partial charge is 0.359 e. The molecule has 1 saturated carbocycles. The zero-order chi connectivity index (χ0) is 11.7. The lowest BCUT2D eigenvalue weighted by Gasteiger charge is -2.22. The zero-order valence-corrected chi connectivity index (χ0v) is 11.2. The molecule has 1 heterocycles. The summed E-state index contributed by atoms with van der Waals surface area (Å²) in [5, 5.41) is 5.36. The number of nitrogens with one attached hydrogen (secondary N) is 1. The third kappa shape index (κ3) is 2.40. The summed E-state index contributed by atoms with van der Waals surface area (Å²) in [6.45, 7) is 0. The highest BCUT2D eigenvalue weighted by Gasteiger charge is 2.15. The lowest BCUT2D eigenvalue weighted by molar-refractivity contribution is 0.462. The lowest BCUT2D eigenvalue weighted by atomic mass is 9.96. The molecule has 2 nitrogen and oxygen atoms in total. The number of hydrogen-bond acceptors (Lipinski definition) is 3. The molecule has 0 aliphatic heterocycles. The van der Waals surface area contributed by atoms with Crippen LogP contribution in [0.25, 0.3) is 10.2 Å². The van der Waals surface area contributed by atoms with E-state index in [0.29, 0.717) is 6.04 Å². The van der Waals surface area contributed by atoms with Crippen LogP contribution in [0.4, 0.5) is 5.13 Å². The normalized spacial score (nSPS) is 17.5. The average molecular weight is 267 g/mol. The van der Waals surface area contributed by atoms with Crippen molar-refractivity contribution in [2.75, 3.05) is 5.32 Å². The number of anilines is 1. The molecule has 0 saturated heterocycles. The maximum atomic E-state index is 6.16. The van der Waals surface area contributed by atoms with Crippen LogP contribution in [0, 0.1) is 0 Å². The van der Waals surface area contributed by atoms with Gasteiger partial charge in [-0.05, 0) is 25.0 Å². The molecule has 1 N–H and O–H groups in total. The van der Waals surface area contributed by atoms with Crippen LogP contribution in [0.1, 0.15) is 32.1 Å². The maximum Gasteiger partial charge on any atom is 0.184 e. The molecule has 0 spiro atoms. The number of fused-ring (bicyclic) bond motifs is 1. The zero-order valence-electron chi connectivity index (χ0n) is 9.58. The van der Waals surface area contributed by atoms with Gasteiger partial charge in [-0.15, -0.1) is 0 Å². The summed E-state index contributed by atoms with van der Waals surface area (Å²) in [6.07, 6.45) is 6.59. The Bertz CT molecular complexity index is 517. The van der Waals surface area contributed by atoms with E-state index in [0.717, 1.165) is 20.4 Å². The Morgan fingerprint density at radius 2 is 2.06 bits per heavy atom. The summed E-state index contributed by atoms with van der Waals surface area (Å²) in [6, 6.07) is 6.49. The van der Waals surface area contributed by atoms with Crippen LogP contribution in [-0.4, -0.2) is 11.0 Å². The topological polar surface area (TPSA) is 24.9 Å². The summed E-state index contributed by atoms with van der Waals surface area (Å²) >= 11 is 7.82. The van der Waals surface area contributed by atoms with Crippen molar-refractivity contribution < 1.29 is 0 Å². The molecule has 0 atom stereocenters. The molecule has 0 amide bonds. The molecule has 90 valence electrons. The highest BCUT2D eigenvalue weighted by molar-refractivity contribution is 7.22. The first-order chi connectivity index (χ1) is 8.33. The molecule has 0 unspecified atom stereocenters. The number of nitrogens with zero attached hydrogens (tertiary/aromatic N) is 1. The number of aromatic nitrogens is 1. The Morgan fingerprint density at radius 3 is 2.82 bits per heavy atom. The lowest BCUT2D eigenvalue weighted by Crippen LogP contribution is -2.21. The standard InChI is InChI=1S/C13H15ClN2S/c14-10-7-4-8-11-12(10)17-13(16-11)15-9-5-2-1-3-6-9/h4,7-9H,1-3,5-6H2,(H,15,16). The fourth-order valence-corrected chi connectivity index (χ4v) is 3.63. The van der Waals surface area contributed by atoms with Crippen LogP contribution in [0.5, 0.6) is 0 Å². The molecule has 3 rings (SSSR count). The van der Waals surface area contributed by atoms with Crippen LogP contribution in [-0.2, 0) is 0 Å². The summed E-state index contributed by atoms with van der Waals surface area (Å²) in [5.41, 5.74) is 1.00. The molecule has 1 aromatic carbocycles. The number of hydrogen-bond donors (Lipinski definition) is 1. The number of benzene rings is 1. The molecular formula is C13H15ClN2S. The van der Waals surface area contributed by atoms with Crippen molar-refractivity contribution in [2.45, 2.75) is 38.1 Å². The van der Waals surface area contributed by atoms with E-state index < -0.39 is 0 Å². The molecular weight excluding hydrogens is 252 g/mol. The van der Waals surface area contributed by atoms with Crippen molar-refractivity contribution in [1.82, 2.24) is 4.98 Å². The van der Waals surface area contributed by atoms with Crippen molar-refractivity contribution >= 4 is 38.3 Å². The van der Waals surface area contributed by atoms with Crippen LogP contribution >= 0.6 is 22.9 Å². The Hall–Kier alpha value is -0.800. The highest BCUT2D eigenvalue weighted by atomic mass is 35.5. The number of thiazole rings is 1. The predicted molar refractivity (Wildman–Crippen MR) is 75.1 cm³/mol. The molecule has 1 fully saturated rings. The molecule has 2 aromatic rings. The van der Waals surface area contributed by atoms with E-state index >= 15 is 0 Å². The molecule has 1 aliphatic carbocycles. The van der Waals surface area contributed by atoms with Gasteiger partial charge in [-0.2, -0.15) is 0 Å². The van der Waals surface area contributed by atoms with E-state index in [2.05, 4.69) is 10.3 Å². The number of rotatable bonds is 2. The van der Waals surface area contributed by atoms with Crippen molar-refractivity contribution in [3.63, 3.8) is 0 Å². The fraction of sp³-hybridized carbons (Fsp3) is 0.462. The quantitative estimate of drug-likeness (QED) is 0.853. The van der Waals surface area contributed by atoms with Crippen LogP contribution in [0.3, 0.4) is 0 Å². The first kappa shape index (κ1) is 11.3. The average Bonchev–Trinajstić information content (AvgIpc) is 2.74. The second kappa shape index (κ2) is 4.83. The summed E-state index contributed by atoms with van der Waals surface area (Å²) in [4.78, 5) is 4.59. The fourth-order valence-electron chi connectivity index (χ4n) is 2.40. The van der Waals surface area contributed by atoms with Gasteiger partial charge in [0.2, 0.25) is 0 Å². The van der Waals surface area contributed by atoms with Crippen molar-refractivity contribution in [2.24, 2.45) is 0 Å². The van der Waals surface area contributed by atoms with Crippen molar-refractivity contribution in [3.05, 3.63) is 23.2 Å². The van der Waals surface area contributed by atoms with E-state index in [9.17, 15) is 0 Å². The van der Waals surface area contributed by atoms with Gasteiger partial charge in [0.15, 0.2) is 5.13 Å². The van der Waals surface area contributed by atoms with Gasteiger partial charge in [0.05, 0.1) is 15.2 Å². The van der Waals surface area contributed by atoms with Crippen molar-refractivity contribution in [1.29, 1.82) is 0 Å². The third-order valence-electron chi connectivity index (χ3n) is 3.30. The monoisotopic (exact) mass is 266 g/mol. The minimum absolute atomic E-state index is 0.600. The molecule has 17 heavy (non-hydrogen) atoms. The second-order valence-electron chi connectivity index (χ2n) is 4.59. The van der Waals surface area contributed by atoms with Gasteiger partial charge in [-0.1, -0.05) is 48.3 Å². The first-order valence-corrected chi connectivity index (χ1v) is 7.34. The predicted octanol–water partition coefficient (Wildman–Crippen LogP) is 4.69. The molecule has 1 aromatic heterocycles. The Morgan fingerprint density at radius 1 is 1.24 bits per heavy atom. The summed E-state index contributed by atoms with van der Waals surface area (Å²) in [7, 11) is 0. The van der Waals surface area contributed by atoms with Gasteiger partial charge in [0.1, 0.15) is 0 Å². The molecule has 0 bridgehead atoms. The molecule has 0 radical (unpaired) electrons. The third-order valence-corrected chi connectivity index (χ3v) is 4.76. The first-order valence-electron chi connectivity index (χ1n) is 6.14. The SMILES string of the molecule is Clc1cccc2nc(NC3CCCCC3)sc12. The van der Waals surface area contributed by atoms with Crippen LogP contribution in [0.15, 0.2) is 18.2 Å². The molecule has 4 heteroatoms. The Kier molecular flexibility index (Phi) is 3.21. The summed E-state index contributed by atoms with van der Waals surface area (Å²) in [5.74, 6) is 0. The molecule has 1 aliphatic rings. The van der Waals surface area contributed by atoms with Gasteiger partial charge in [-0.3, -0.25) is 0 Å². The van der Waals surface area contributed by atoms with E-state index in [1.807, 2.05) is 18.2 Å². The minimum Gasteiger partial charge on any atom is -0.359 e. The van der Waals surface area contributed by atoms with E-state index in [-0.39, 0.29) is 0 Å². The van der Waals surface area contributed by atoms with E-state index in [1.165, 1.54) is 32.1 Å². The Labute approximate surface area is 110 Å². The smallest absolute Gasteiger partial charge is 0.184 e. The van der Waals surface area contributed by atoms with Gasteiger partial charge in [0, 0.05) is 6.04 Å². The second-order valence-corrected chi connectivity index (χ2v) is 5.99.